The van der Waals surface area contributed by atoms with Crippen LogP contribution >= 0.6 is 33.9 Å². The Labute approximate surface area is 279 Å². The van der Waals surface area contributed by atoms with Crippen LogP contribution in [0.5, 0.6) is 0 Å². The lowest BCUT2D eigenvalue weighted by atomic mass is 9.91. The molecule has 0 bridgehead atoms. The molecule has 13 nitrogen and oxygen atoms in total. The van der Waals surface area contributed by atoms with Gasteiger partial charge in [0, 0.05) is 32.0 Å². The van der Waals surface area contributed by atoms with Crippen LogP contribution in [0, 0.1) is 12.8 Å². The summed E-state index contributed by atoms with van der Waals surface area (Å²) in [5.41, 5.74) is -0.960. The molecular formula is C30H38IN3O10S. The van der Waals surface area contributed by atoms with Gasteiger partial charge in [0.05, 0.1) is 36.4 Å². The number of esters is 2. The summed E-state index contributed by atoms with van der Waals surface area (Å²) in [4.78, 5) is 81.5. The number of methoxy groups -OCH3 is 2. The van der Waals surface area contributed by atoms with Crippen LogP contribution in [-0.4, -0.2) is 96.5 Å². The summed E-state index contributed by atoms with van der Waals surface area (Å²) in [5, 5.41) is 6.06. The van der Waals surface area contributed by atoms with Gasteiger partial charge in [-0.15, -0.1) is 11.3 Å². The number of aromatic nitrogens is 1. The lowest BCUT2D eigenvalue weighted by molar-refractivity contribution is -0.171. The van der Waals surface area contributed by atoms with Gasteiger partial charge in [0.2, 0.25) is 5.91 Å². The van der Waals surface area contributed by atoms with Crippen molar-refractivity contribution < 1.29 is 47.7 Å². The molecule has 1 aromatic heterocycles. The van der Waals surface area contributed by atoms with Gasteiger partial charge in [0.1, 0.15) is 10.9 Å². The first-order chi connectivity index (χ1) is 21.3. The van der Waals surface area contributed by atoms with E-state index >= 15 is 0 Å². The third-order valence-corrected chi connectivity index (χ3v) is 8.85. The Kier molecular flexibility index (Phi) is 15.7. The number of Topliss-reactive ketones (excluding diaryl/α,β-unsaturated/α-hetero) is 2. The third kappa shape index (κ3) is 12.2. The van der Waals surface area contributed by atoms with Crippen molar-refractivity contribution in [2.45, 2.75) is 51.3 Å². The Balaban J connectivity index is 2.27. The second-order valence-electron chi connectivity index (χ2n) is 10.3. The second-order valence-corrected chi connectivity index (χ2v) is 12.3. The highest BCUT2D eigenvalue weighted by Gasteiger charge is 2.42. The first-order valence-corrected chi connectivity index (χ1v) is 16.2. The fourth-order valence-corrected chi connectivity index (χ4v) is 5.41. The molecule has 45 heavy (non-hydrogen) atoms. The molecule has 0 unspecified atom stereocenters. The Morgan fingerprint density at radius 3 is 2.22 bits per heavy atom. The molecule has 0 saturated carbocycles. The van der Waals surface area contributed by atoms with Crippen LogP contribution in [0.3, 0.4) is 0 Å². The summed E-state index contributed by atoms with van der Waals surface area (Å²) >= 11 is 3.07. The van der Waals surface area contributed by atoms with E-state index in [9.17, 15) is 28.8 Å². The van der Waals surface area contributed by atoms with E-state index < -0.39 is 65.5 Å². The molecule has 0 radical (unpaired) electrons. The molecule has 0 aliphatic rings. The predicted molar refractivity (Wildman–Crippen MR) is 172 cm³/mol. The van der Waals surface area contributed by atoms with Gasteiger partial charge >= 0.3 is 11.9 Å². The van der Waals surface area contributed by atoms with Gasteiger partial charge in [-0.1, -0.05) is 52.9 Å². The molecule has 1 heterocycles. The van der Waals surface area contributed by atoms with Crippen molar-refractivity contribution in [2.75, 3.05) is 38.5 Å². The number of thiazole rings is 1. The van der Waals surface area contributed by atoms with Crippen molar-refractivity contribution in [3.05, 3.63) is 52.0 Å². The molecule has 0 aliphatic heterocycles. The number of aryl methyl sites for hydroxylation is 1. The number of rotatable bonds is 19. The number of ketones is 2. The van der Waals surface area contributed by atoms with Gasteiger partial charge in [-0.25, -0.2) is 9.78 Å². The molecule has 0 saturated heterocycles. The molecule has 15 heteroatoms. The molecule has 2 N–H and O–H groups in total. The summed E-state index contributed by atoms with van der Waals surface area (Å²) in [6.45, 7) is 3.33. The summed E-state index contributed by atoms with van der Waals surface area (Å²) in [6, 6.07) is 6.69. The van der Waals surface area contributed by atoms with E-state index in [1.54, 1.807) is 37.3 Å². The number of carbonyl (C=O) groups is 6. The fraction of sp³-hybridized carbons (Fsp3) is 0.500. The molecule has 2 rings (SSSR count). The number of amides is 2. The summed E-state index contributed by atoms with van der Waals surface area (Å²) in [5.74, 6) is -4.88. The van der Waals surface area contributed by atoms with Crippen LogP contribution in [0.25, 0.3) is 0 Å². The fourth-order valence-electron chi connectivity index (χ4n) is 4.19. The van der Waals surface area contributed by atoms with Crippen LogP contribution in [0.4, 0.5) is 0 Å². The highest BCUT2D eigenvalue weighted by molar-refractivity contribution is 14.1. The van der Waals surface area contributed by atoms with Crippen molar-refractivity contribution in [2.24, 2.45) is 5.92 Å². The Morgan fingerprint density at radius 2 is 1.67 bits per heavy atom. The number of halogens is 1. The van der Waals surface area contributed by atoms with E-state index in [1.165, 1.54) is 38.7 Å². The van der Waals surface area contributed by atoms with E-state index in [0.717, 1.165) is 12.5 Å². The van der Waals surface area contributed by atoms with Crippen molar-refractivity contribution in [3.8, 4) is 0 Å². The molecule has 0 fully saturated rings. The van der Waals surface area contributed by atoms with Gasteiger partial charge in [-0.05, 0) is 25.8 Å². The number of benzene rings is 1. The van der Waals surface area contributed by atoms with Crippen LogP contribution in [0.1, 0.15) is 40.5 Å². The molecule has 2 aromatic rings. The lowest BCUT2D eigenvalue weighted by Crippen LogP contribution is -2.56. The smallest absolute Gasteiger partial charge is 0.345 e. The zero-order valence-corrected chi connectivity index (χ0v) is 28.7. The largest absolute Gasteiger partial charge is 0.454 e. The maximum atomic E-state index is 13.9. The van der Waals surface area contributed by atoms with E-state index in [4.69, 9.17) is 18.9 Å². The number of alkyl halides is 1. The minimum atomic E-state index is -1.68. The van der Waals surface area contributed by atoms with Gasteiger partial charge in [-0.3, -0.25) is 24.0 Å². The minimum Gasteiger partial charge on any atom is -0.454 e. The van der Waals surface area contributed by atoms with E-state index in [0.29, 0.717) is 9.88 Å². The van der Waals surface area contributed by atoms with Gasteiger partial charge in [0.15, 0.2) is 23.8 Å². The van der Waals surface area contributed by atoms with Crippen molar-refractivity contribution in [1.82, 2.24) is 15.6 Å². The van der Waals surface area contributed by atoms with Crippen LogP contribution < -0.4 is 10.6 Å². The standard InChI is InChI=1S/C30H38IN3O10S/c1-18-32-13-25(45-18)29(40)34-23(15-42-5)24(36)12-21(14-41-4)28(39)33-22(11-20-9-7-6-8-10-20)27(38)30(3,17-31)44-26(37)16-43-19(2)35/h6-10,13,21-23H,11-12,14-17H2,1-5H3,(H,33,39)(H,34,40)/t21-,22-,23-,30+/m0/s1. The third-order valence-electron chi connectivity index (χ3n) is 6.48. The van der Waals surface area contributed by atoms with E-state index in [1.807, 2.05) is 22.6 Å². The summed E-state index contributed by atoms with van der Waals surface area (Å²) in [6.07, 6.45) is 1.14. The molecule has 246 valence electrons. The molecule has 2 amide bonds. The topological polar surface area (TPSA) is 176 Å². The predicted octanol–water partition coefficient (Wildman–Crippen LogP) is 2.01. The van der Waals surface area contributed by atoms with E-state index in [-0.39, 0.29) is 30.5 Å². The number of nitrogens with zero attached hydrogens (tertiary/aromatic N) is 1. The zero-order valence-electron chi connectivity index (χ0n) is 25.8. The normalized spacial score (nSPS) is 14.3. The van der Waals surface area contributed by atoms with Gasteiger partial charge in [-0.2, -0.15) is 0 Å². The first kappa shape index (κ1) is 37.9. The van der Waals surface area contributed by atoms with Gasteiger partial charge in [0.25, 0.3) is 5.91 Å². The number of hydrogen-bond acceptors (Lipinski definition) is 12. The number of ether oxygens (including phenoxy) is 4. The highest BCUT2D eigenvalue weighted by Crippen LogP contribution is 2.21. The molecule has 4 atom stereocenters. The number of carbonyl (C=O) groups excluding carboxylic acids is 6. The van der Waals surface area contributed by atoms with E-state index in [2.05, 4.69) is 15.6 Å². The zero-order chi connectivity index (χ0) is 33.6. The van der Waals surface area contributed by atoms with Crippen LogP contribution in [0.15, 0.2) is 36.5 Å². The number of hydrogen-bond donors (Lipinski definition) is 2. The van der Waals surface area contributed by atoms with Gasteiger partial charge < -0.3 is 29.6 Å². The monoisotopic (exact) mass is 759 g/mol. The summed E-state index contributed by atoms with van der Waals surface area (Å²) < 4.78 is 20.6. The molecule has 1 aromatic carbocycles. The molecular weight excluding hydrogens is 721 g/mol. The van der Waals surface area contributed by atoms with Crippen molar-refractivity contribution in [1.29, 1.82) is 0 Å². The van der Waals surface area contributed by atoms with Crippen molar-refractivity contribution >= 4 is 69.2 Å². The SMILES string of the molecule is COC[C@H](CC(=O)[C@H](COC)NC(=O)c1cnc(C)s1)C(=O)N[C@@H](Cc1ccccc1)C(=O)[C@@](C)(CI)OC(=O)COC(C)=O. The first-order valence-electron chi connectivity index (χ1n) is 13.9. The average Bonchev–Trinajstić information content (AvgIpc) is 3.45. The lowest BCUT2D eigenvalue weighted by Gasteiger charge is -2.31. The second kappa shape index (κ2) is 18.6. The number of nitrogens with one attached hydrogen (secondary N) is 2. The average molecular weight is 760 g/mol. The Hall–Kier alpha value is -3.28. The van der Waals surface area contributed by atoms with Crippen LogP contribution in [-0.2, 0) is 49.3 Å². The Bertz CT molecular complexity index is 1340. The van der Waals surface area contributed by atoms with Crippen LogP contribution in [0.2, 0.25) is 0 Å². The highest BCUT2D eigenvalue weighted by atomic mass is 127. The molecule has 0 spiro atoms. The maximum absolute atomic E-state index is 13.9. The molecule has 0 aliphatic carbocycles. The quantitative estimate of drug-likeness (QED) is 0.122. The summed E-state index contributed by atoms with van der Waals surface area (Å²) in [7, 11) is 2.75. The minimum absolute atomic E-state index is 0.0359. The van der Waals surface area contributed by atoms with Crippen molar-refractivity contribution in [3.63, 3.8) is 0 Å². The Morgan fingerprint density at radius 1 is 1.00 bits per heavy atom. The maximum Gasteiger partial charge on any atom is 0.345 e.